The molecule has 0 aromatic carbocycles. The van der Waals surface area contributed by atoms with E-state index in [0.717, 1.165) is 6.92 Å². The lowest BCUT2D eigenvalue weighted by atomic mass is 10.2. The van der Waals surface area contributed by atoms with Crippen LogP contribution < -0.4 is 5.73 Å². The van der Waals surface area contributed by atoms with E-state index in [0.29, 0.717) is 5.69 Å². The lowest BCUT2D eigenvalue weighted by Gasteiger charge is -2.09. The molecule has 1 unspecified atom stereocenters. The van der Waals surface area contributed by atoms with Gasteiger partial charge in [-0.3, -0.25) is 9.59 Å². The number of aromatic amines is 1. The normalized spacial score (nSPS) is 11.3. The van der Waals surface area contributed by atoms with E-state index in [9.17, 15) is 19.2 Å². The van der Waals surface area contributed by atoms with Crippen molar-refractivity contribution in [2.24, 2.45) is 5.73 Å². The Kier molecular flexibility index (Phi) is 6.01. The van der Waals surface area contributed by atoms with Gasteiger partial charge in [0.2, 0.25) is 5.78 Å². The van der Waals surface area contributed by atoms with Gasteiger partial charge in [0.1, 0.15) is 6.04 Å². The maximum absolute atomic E-state index is 11.5. The summed E-state index contributed by atoms with van der Waals surface area (Å²) in [5, 5.41) is 0. The summed E-state index contributed by atoms with van der Waals surface area (Å²) in [7, 11) is 0. The fraction of sp³-hybridized carbons (Fsp3) is 0.364. The van der Waals surface area contributed by atoms with E-state index in [1.807, 2.05) is 0 Å². The zero-order valence-corrected chi connectivity index (χ0v) is 11.0. The molecule has 0 radical (unpaired) electrons. The molecular formula is C11H13N3O7. The Morgan fingerprint density at radius 2 is 2.05 bits per heavy atom. The third-order valence-electron chi connectivity index (χ3n) is 2.13. The van der Waals surface area contributed by atoms with E-state index in [2.05, 4.69) is 24.5 Å². The Bertz CT molecular complexity index is 526. The average molecular weight is 299 g/mol. The van der Waals surface area contributed by atoms with Crippen molar-refractivity contribution in [3.8, 4) is 0 Å². The molecule has 0 aliphatic heterocycles. The summed E-state index contributed by atoms with van der Waals surface area (Å²) in [6.07, 6.45) is 3.06. The first-order valence-electron chi connectivity index (χ1n) is 5.72. The van der Waals surface area contributed by atoms with Crippen LogP contribution in [0.1, 0.15) is 12.6 Å². The minimum Gasteiger partial charge on any atom is -0.452 e. The highest BCUT2D eigenvalue weighted by atomic mass is 17.2. The van der Waals surface area contributed by atoms with Gasteiger partial charge in [0.05, 0.1) is 6.33 Å². The molecule has 21 heavy (non-hydrogen) atoms. The Hall–Kier alpha value is -2.75. The van der Waals surface area contributed by atoms with Crippen LogP contribution in [0, 0.1) is 0 Å². The van der Waals surface area contributed by atoms with Crippen molar-refractivity contribution in [3.05, 3.63) is 18.2 Å². The molecule has 0 bridgehead atoms. The molecule has 3 N–H and O–H groups in total. The van der Waals surface area contributed by atoms with Crippen LogP contribution in [-0.2, 0) is 40.1 Å². The Morgan fingerprint density at radius 1 is 1.33 bits per heavy atom. The summed E-state index contributed by atoms with van der Waals surface area (Å²) < 4.78 is 4.56. The zero-order valence-electron chi connectivity index (χ0n) is 11.0. The number of hydrogen-bond donors (Lipinski definition) is 2. The maximum Gasteiger partial charge on any atom is 0.421 e. The van der Waals surface area contributed by atoms with Gasteiger partial charge in [-0.2, -0.15) is 0 Å². The first-order valence-corrected chi connectivity index (χ1v) is 5.72. The average Bonchev–Trinajstić information content (AvgIpc) is 2.94. The predicted octanol–water partition coefficient (Wildman–Crippen LogP) is -1.59. The number of carbonyl (C=O) groups excluding carboxylic acids is 4. The third-order valence-corrected chi connectivity index (χ3v) is 2.13. The number of aromatic nitrogens is 2. The van der Waals surface area contributed by atoms with E-state index in [1.54, 1.807) is 0 Å². The van der Waals surface area contributed by atoms with Gasteiger partial charge in [0.15, 0.2) is 6.61 Å². The highest BCUT2D eigenvalue weighted by Crippen LogP contribution is 1.98. The highest BCUT2D eigenvalue weighted by Gasteiger charge is 2.19. The number of Topliss-reactive ketones (excluding diaryl/α,β-unsaturated/α-hetero) is 1. The molecule has 10 nitrogen and oxygen atoms in total. The molecule has 114 valence electrons. The molecular weight excluding hydrogens is 286 g/mol. The van der Waals surface area contributed by atoms with E-state index in [4.69, 9.17) is 5.73 Å². The number of ketones is 1. The van der Waals surface area contributed by atoms with E-state index in [-0.39, 0.29) is 6.42 Å². The van der Waals surface area contributed by atoms with Gasteiger partial charge in [0.25, 0.3) is 0 Å². The van der Waals surface area contributed by atoms with E-state index >= 15 is 0 Å². The van der Waals surface area contributed by atoms with Crippen molar-refractivity contribution in [3.63, 3.8) is 0 Å². The van der Waals surface area contributed by atoms with Crippen molar-refractivity contribution < 1.29 is 33.7 Å². The van der Waals surface area contributed by atoms with E-state index in [1.165, 1.54) is 12.5 Å². The molecule has 1 atom stereocenters. The molecule has 0 saturated carbocycles. The van der Waals surface area contributed by atoms with Gasteiger partial charge in [-0.15, -0.1) is 0 Å². The fourth-order valence-electron chi connectivity index (χ4n) is 1.12. The quantitative estimate of drug-likeness (QED) is 0.274. The van der Waals surface area contributed by atoms with Crippen LogP contribution >= 0.6 is 0 Å². The monoisotopic (exact) mass is 299 g/mol. The van der Waals surface area contributed by atoms with Crippen LogP contribution in [0.25, 0.3) is 0 Å². The number of nitrogens with zero attached hydrogens (tertiary/aromatic N) is 1. The van der Waals surface area contributed by atoms with Crippen LogP contribution in [-0.4, -0.2) is 46.3 Å². The fourth-order valence-corrected chi connectivity index (χ4v) is 1.12. The molecule has 0 amide bonds. The van der Waals surface area contributed by atoms with Crippen molar-refractivity contribution in [1.82, 2.24) is 9.97 Å². The zero-order chi connectivity index (χ0) is 15.8. The molecule has 1 heterocycles. The third kappa shape index (κ3) is 5.82. The van der Waals surface area contributed by atoms with Crippen LogP contribution in [0.3, 0.4) is 0 Å². The van der Waals surface area contributed by atoms with Gasteiger partial charge in [-0.25, -0.2) is 24.3 Å². The lowest BCUT2D eigenvalue weighted by Crippen LogP contribution is -2.35. The van der Waals surface area contributed by atoms with Crippen LogP contribution in [0.4, 0.5) is 0 Å². The standard InChI is InChI=1S/C11H13N3O7/c1-6(15)10(17)21-20-9(16)4-19-11(18)8(12)2-7-3-13-5-14-7/h3,5,8H,2,4,12H2,1H3,(H,13,14). The number of nitrogens with one attached hydrogen (secondary N) is 1. The van der Waals surface area contributed by atoms with Crippen LogP contribution in [0.2, 0.25) is 0 Å². The maximum atomic E-state index is 11.5. The summed E-state index contributed by atoms with van der Waals surface area (Å²) in [5.74, 6) is -4.29. The van der Waals surface area contributed by atoms with Gasteiger partial charge < -0.3 is 15.5 Å². The van der Waals surface area contributed by atoms with Gasteiger partial charge in [-0.1, -0.05) is 0 Å². The van der Waals surface area contributed by atoms with Crippen molar-refractivity contribution in [2.75, 3.05) is 6.61 Å². The van der Waals surface area contributed by atoms with Gasteiger partial charge in [0, 0.05) is 25.2 Å². The number of carbonyl (C=O) groups is 4. The number of H-pyrrole nitrogens is 1. The topological polar surface area (TPSA) is 151 Å². The predicted molar refractivity (Wildman–Crippen MR) is 64.1 cm³/mol. The molecule has 0 fully saturated rings. The molecule has 1 rings (SSSR count). The number of rotatable bonds is 6. The number of hydrogen-bond acceptors (Lipinski definition) is 9. The summed E-state index contributed by atoms with van der Waals surface area (Å²) >= 11 is 0. The molecule has 0 aliphatic carbocycles. The minimum absolute atomic E-state index is 0.146. The second-order valence-corrected chi connectivity index (χ2v) is 3.88. The molecule has 10 heteroatoms. The van der Waals surface area contributed by atoms with Gasteiger partial charge >= 0.3 is 17.9 Å². The lowest BCUT2D eigenvalue weighted by molar-refractivity contribution is -0.258. The minimum atomic E-state index is -1.34. The SMILES string of the molecule is CC(=O)C(=O)OOC(=O)COC(=O)C(N)Cc1cnc[nH]1. The smallest absolute Gasteiger partial charge is 0.421 e. The highest BCUT2D eigenvalue weighted by molar-refractivity contribution is 6.32. The van der Waals surface area contributed by atoms with Crippen LogP contribution in [0.15, 0.2) is 12.5 Å². The summed E-state index contributed by atoms with van der Waals surface area (Å²) in [6.45, 7) is 0.130. The Morgan fingerprint density at radius 3 is 2.62 bits per heavy atom. The van der Waals surface area contributed by atoms with E-state index < -0.39 is 36.3 Å². The van der Waals surface area contributed by atoms with Crippen molar-refractivity contribution >= 4 is 23.7 Å². The molecule has 0 spiro atoms. The van der Waals surface area contributed by atoms with Crippen molar-refractivity contribution in [1.29, 1.82) is 0 Å². The number of nitrogens with two attached hydrogens (primary N) is 1. The molecule has 1 aromatic heterocycles. The molecule has 1 aromatic rings. The Balaban J connectivity index is 2.27. The summed E-state index contributed by atoms with van der Waals surface area (Å²) in [5.41, 5.74) is 6.17. The second-order valence-electron chi connectivity index (χ2n) is 3.88. The number of esters is 1. The van der Waals surface area contributed by atoms with Gasteiger partial charge in [-0.05, 0) is 0 Å². The first kappa shape index (κ1) is 16.3. The summed E-state index contributed by atoms with van der Waals surface area (Å²) in [6, 6.07) is -1.00. The second kappa shape index (κ2) is 7.75. The molecule has 0 saturated heterocycles. The number of imidazole rings is 1. The van der Waals surface area contributed by atoms with Crippen molar-refractivity contribution in [2.45, 2.75) is 19.4 Å². The summed E-state index contributed by atoms with van der Waals surface area (Å²) in [4.78, 5) is 58.0. The molecule has 0 aliphatic rings. The van der Waals surface area contributed by atoms with Crippen LogP contribution in [0.5, 0.6) is 0 Å². The number of ether oxygens (including phenoxy) is 1. The Labute approximate surface area is 118 Å². The largest absolute Gasteiger partial charge is 0.452 e. The first-order chi connectivity index (χ1) is 9.90.